The summed E-state index contributed by atoms with van der Waals surface area (Å²) < 4.78 is 5.91. The smallest absolute Gasteiger partial charge is 0.265 e. The Bertz CT molecular complexity index is 1240. The number of fused-ring (bicyclic) bond motifs is 2. The van der Waals surface area contributed by atoms with Gasteiger partial charge in [-0.1, -0.05) is 66.7 Å². The maximum absolute atomic E-state index is 13.3. The van der Waals surface area contributed by atoms with Crippen LogP contribution in [0.4, 0.5) is 11.4 Å². The molecular formula is C28H26N2O2. The third-order valence-electron chi connectivity index (χ3n) is 6.06. The normalized spacial score (nSPS) is 17.6. The number of para-hydroxylation sites is 2. The molecule has 5 rings (SSSR count). The van der Waals surface area contributed by atoms with Gasteiger partial charge in [-0.25, -0.2) is 0 Å². The number of anilines is 2. The first-order valence-electron chi connectivity index (χ1n) is 11.0. The van der Waals surface area contributed by atoms with Gasteiger partial charge >= 0.3 is 0 Å². The van der Waals surface area contributed by atoms with Crippen molar-refractivity contribution in [3.8, 4) is 5.75 Å². The predicted octanol–water partition coefficient (Wildman–Crippen LogP) is 6.20. The van der Waals surface area contributed by atoms with Gasteiger partial charge in [0.15, 0.2) is 6.61 Å². The van der Waals surface area contributed by atoms with Crippen LogP contribution < -0.4 is 15.0 Å². The van der Waals surface area contributed by atoms with E-state index in [4.69, 9.17) is 4.74 Å². The molecule has 32 heavy (non-hydrogen) atoms. The molecule has 2 unspecified atom stereocenters. The standard InChI is InChI=1S/C28H26N2O2/c1-20-17-26(29-23-11-3-2-4-12-23)25-13-7-8-14-27(25)30(20)28(31)19-32-24-16-15-21-9-5-6-10-22(21)18-24/h2-16,18,20,26,29H,17,19H2,1H3. The zero-order valence-corrected chi connectivity index (χ0v) is 18.1. The fraction of sp³-hybridized carbons (Fsp3) is 0.179. The topological polar surface area (TPSA) is 41.6 Å². The Morgan fingerprint density at radius 3 is 2.47 bits per heavy atom. The molecule has 0 radical (unpaired) electrons. The van der Waals surface area contributed by atoms with Crippen LogP contribution in [0, 0.1) is 0 Å². The van der Waals surface area contributed by atoms with Crippen LogP contribution in [0.1, 0.15) is 24.9 Å². The molecule has 0 aromatic heterocycles. The Morgan fingerprint density at radius 1 is 0.906 bits per heavy atom. The van der Waals surface area contributed by atoms with E-state index in [0.29, 0.717) is 5.75 Å². The highest BCUT2D eigenvalue weighted by molar-refractivity contribution is 5.96. The summed E-state index contributed by atoms with van der Waals surface area (Å²) in [6, 6.07) is 32.6. The number of nitrogens with one attached hydrogen (secondary N) is 1. The van der Waals surface area contributed by atoms with Gasteiger partial charge in [-0.2, -0.15) is 0 Å². The summed E-state index contributed by atoms with van der Waals surface area (Å²) in [4.78, 5) is 15.1. The van der Waals surface area contributed by atoms with Crippen molar-refractivity contribution in [1.29, 1.82) is 0 Å². The van der Waals surface area contributed by atoms with Crippen LogP contribution >= 0.6 is 0 Å². The third-order valence-corrected chi connectivity index (χ3v) is 6.06. The lowest BCUT2D eigenvalue weighted by Crippen LogP contribution is -2.46. The first-order chi connectivity index (χ1) is 15.7. The van der Waals surface area contributed by atoms with Crippen molar-refractivity contribution in [3.63, 3.8) is 0 Å². The number of hydrogen-bond donors (Lipinski definition) is 1. The molecule has 1 aliphatic heterocycles. The van der Waals surface area contributed by atoms with Crippen molar-refractivity contribution >= 4 is 28.1 Å². The van der Waals surface area contributed by atoms with E-state index in [9.17, 15) is 4.79 Å². The van der Waals surface area contributed by atoms with Gasteiger partial charge in [0.2, 0.25) is 0 Å². The summed E-state index contributed by atoms with van der Waals surface area (Å²) in [5.41, 5.74) is 3.17. The molecule has 0 spiro atoms. The molecular weight excluding hydrogens is 396 g/mol. The number of hydrogen-bond acceptors (Lipinski definition) is 3. The lowest BCUT2D eigenvalue weighted by Gasteiger charge is -2.40. The van der Waals surface area contributed by atoms with Gasteiger partial charge in [-0.05, 0) is 60.0 Å². The maximum Gasteiger partial charge on any atom is 0.265 e. The van der Waals surface area contributed by atoms with Crippen LogP contribution in [0.15, 0.2) is 97.1 Å². The van der Waals surface area contributed by atoms with Gasteiger partial charge in [-0.3, -0.25) is 4.79 Å². The van der Waals surface area contributed by atoms with E-state index in [0.717, 1.165) is 34.1 Å². The number of amides is 1. The molecule has 0 saturated carbocycles. The Labute approximate surface area is 188 Å². The summed E-state index contributed by atoms with van der Waals surface area (Å²) >= 11 is 0. The van der Waals surface area contributed by atoms with E-state index in [1.54, 1.807) is 0 Å². The second-order valence-corrected chi connectivity index (χ2v) is 8.27. The lowest BCUT2D eigenvalue weighted by atomic mass is 9.91. The van der Waals surface area contributed by atoms with Crippen LogP contribution in [0.2, 0.25) is 0 Å². The minimum absolute atomic E-state index is 0.00773. The molecule has 4 aromatic carbocycles. The SMILES string of the molecule is CC1CC(Nc2ccccc2)c2ccccc2N1C(=O)COc1ccc2ccccc2c1. The average Bonchev–Trinajstić information content (AvgIpc) is 2.83. The van der Waals surface area contributed by atoms with Crippen LogP contribution in [-0.4, -0.2) is 18.6 Å². The molecule has 4 nitrogen and oxygen atoms in total. The van der Waals surface area contributed by atoms with E-state index in [2.05, 4.69) is 36.5 Å². The van der Waals surface area contributed by atoms with Crippen LogP contribution in [0.5, 0.6) is 5.75 Å². The van der Waals surface area contributed by atoms with Crippen LogP contribution in [0.25, 0.3) is 10.8 Å². The molecule has 160 valence electrons. The summed E-state index contributed by atoms with van der Waals surface area (Å²) in [6.07, 6.45) is 0.827. The zero-order valence-electron chi connectivity index (χ0n) is 18.1. The molecule has 1 amide bonds. The highest BCUT2D eigenvalue weighted by Gasteiger charge is 2.33. The summed E-state index contributed by atoms with van der Waals surface area (Å²) in [7, 11) is 0. The minimum atomic E-state index is -0.0312. The molecule has 2 atom stereocenters. The minimum Gasteiger partial charge on any atom is -0.484 e. The molecule has 0 saturated heterocycles. The van der Waals surface area contributed by atoms with Gasteiger partial charge in [0.1, 0.15) is 5.75 Å². The van der Waals surface area contributed by atoms with Gasteiger partial charge in [-0.15, -0.1) is 0 Å². The zero-order chi connectivity index (χ0) is 21.9. The molecule has 1 N–H and O–H groups in total. The number of carbonyl (C=O) groups excluding carboxylic acids is 1. The van der Waals surface area contributed by atoms with E-state index in [1.807, 2.05) is 77.7 Å². The quantitative estimate of drug-likeness (QED) is 0.416. The first kappa shape index (κ1) is 20.1. The van der Waals surface area contributed by atoms with E-state index in [1.165, 1.54) is 0 Å². The third kappa shape index (κ3) is 4.04. The highest BCUT2D eigenvalue weighted by atomic mass is 16.5. The number of carbonyl (C=O) groups is 1. The lowest BCUT2D eigenvalue weighted by molar-refractivity contribution is -0.121. The number of ether oxygens (including phenoxy) is 1. The summed E-state index contributed by atoms with van der Waals surface area (Å²) in [6.45, 7) is 2.11. The van der Waals surface area contributed by atoms with Gasteiger partial charge in [0.05, 0.1) is 6.04 Å². The predicted molar refractivity (Wildman–Crippen MR) is 130 cm³/mol. The second-order valence-electron chi connectivity index (χ2n) is 8.27. The highest BCUT2D eigenvalue weighted by Crippen LogP contribution is 2.39. The van der Waals surface area contributed by atoms with Crippen molar-refractivity contribution in [3.05, 3.63) is 103 Å². The Hall–Kier alpha value is -3.79. The van der Waals surface area contributed by atoms with Crippen molar-refractivity contribution in [2.45, 2.75) is 25.4 Å². The molecule has 4 heteroatoms. The molecule has 1 heterocycles. The van der Waals surface area contributed by atoms with E-state index in [-0.39, 0.29) is 24.6 Å². The Kier molecular flexibility index (Phi) is 5.51. The number of nitrogens with zero attached hydrogens (tertiary/aromatic N) is 1. The Balaban J connectivity index is 1.34. The van der Waals surface area contributed by atoms with Gasteiger partial charge < -0.3 is 15.0 Å². The van der Waals surface area contributed by atoms with Crippen LogP contribution in [0.3, 0.4) is 0 Å². The second kappa shape index (κ2) is 8.75. The maximum atomic E-state index is 13.3. The molecule has 0 aliphatic carbocycles. The average molecular weight is 423 g/mol. The Morgan fingerprint density at radius 2 is 1.62 bits per heavy atom. The van der Waals surface area contributed by atoms with Crippen molar-refractivity contribution in [2.24, 2.45) is 0 Å². The van der Waals surface area contributed by atoms with Crippen molar-refractivity contribution < 1.29 is 9.53 Å². The fourth-order valence-electron chi connectivity index (χ4n) is 4.54. The molecule has 1 aliphatic rings. The van der Waals surface area contributed by atoms with Gasteiger partial charge in [0, 0.05) is 17.4 Å². The van der Waals surface area contributed by atoms with E-state index < -0.39 is 0 Å². The van der Waals surface area contributed by atoms with Gasteiger partial charge in [0.25, 0.3) is 5.91 Å². The number of rotatable bonds is 5. The van der Waals surface area contributed by atoms with Crippen molar-refractivity contribution in [2.75, 3.05) is 16.8 Å². The monoisotopic (exact) mass is 422 g/mol. The van der Waals surface area contributed by atoms with Crippen molar-refractivity contribution in [1.82, 2.24) is 0 Å². The van der Waals surface area contributed by atoms with E-state index >= 15 is 0 Å². The number of benzene rings is 4. The molecule has 0 fully saturated rings. The molecule has 0 bridgehead atoms. The first-order valence-corrected chi connectivity index (χ1v) is 11.0. The molecule has 4 aromatic rings. The summed E-state index contributed by atoms with van der Waals surface area (Å²) in [5, 5.41) is 5.89. The summed E-state index contributed by atoms with van der Waals surface area (Å²) in [5.74, 6) is 0.676. The van der Waals surface area contributed by atoms with Crippen LogP contribution in [-0.2, 0) is 4.79 Å². The fourth-order valence-corrected chi connectivity index (χ4v) is 4.54. The largest absolute Gasteiger partial charge is 0.484 e.